The molecule has 0 heterocycles. The molecule has 0 heteroatoms. The van der Waals surface area contributed by atoms with Gasteiger partial charge < -0.3 is 0 Å². The molecule has 1 unspecified atom stereocenters. The molecule has 0 aliphatic heterocycles. The van der Waals surface area contributed by atoms with E-state index < -0.39 is 0 Å². The van der Waals surface area contributed by atoms with Gasteiger partial charge in [0.25, 0.3) is 0 Å². The molecule has 1 aromatic carbocycles. The number of rotatable bonds is 3. The van der Waals surface area contributed by atoms with Gasteiger partial charge in [0.05, 0.1) is 0 Å². The van der Waals surface area contributed by atoms with Crippen LogP contribution in [0.3, 0.4) is 0 Å². The number of hydrogen-bond acceptors (Lipinski definition) is 0. The number of aryl methyl sites for hydroxylation is 1. The van der Waals surface area contributed by atoms with Crippen LogP contribution in [0.1, 0.15) is 37.8 Å². The summed E-state index contributed by atoms with van der Waals surface area (Å²) in [6, 6.07) is 8.81. The van der Waals surface area contributed by atoms with Crippen LogP contribution in [0, 0.1) is 12.8 Å². The summed E-state index contributed by atoms with van der Waals surface area (Å²) in [6.07, 6.45) is 7.10. The zero-order chi connectivity index (χ0) is 11.5. The van der Waals surface area contributed by atoms with Gasteiger partial charge in [-0.15, -0.1) is 0 Å². The second-order valence-electron chi connectivity index (χ2n) is 4.76. The third-order valence-corrected chi connectivity index (χ3v) is 3.53. The van der Waals surface area contributed by atoms with Gasteiger partial charge in [-0.3, -0.25) is 0 Å². The third-order valence-electron chi connectivity index (χ3n) is 3.53. The molecule has 0 fully saturated rings. The number of allylic oxidation sites excluding steroid dienone is 4. The van der Waals surface area contributed by atoms with Crippen molar-refractivity contribution >= 4 is 5.57 Å². The number of benzene rings is 1. The Hall–Kier alpha value is -1.30. The highest BCUT2D eigenvalue weighted by atomic mass is 14.2. The summed E-state index contributed by atoms with van der Waals surface area (Å²) in [5.41, 5.74) is 5.66. The fraction of sp³-hybridized carbons (Fsp3) is 0.375. The van der Waals surface area contributed by atoms with Crippen molar-refractivity contribution in [2.75, 3.05) is 0 Å². The Morgan fingerprint density at radius 1 is 1.19 bits per heavy atom. The monoisotopic (exact) mass is 212 g/mol. The van der Waals surface area contributed by atoms with Crippen LogP contribution in [0.25, 0.3) is 5.57 Å². The third kappa shape index (κ3) is 2.27. The van der Waals surface area contributed by atoms with Crippen LogP contribution in [-0.2, 0) is 0 Å². The fourth-order valence-electron chi connectivity index (χ4n) is 2.10. The topological polar surface area (TPSA) is 0 Å². The molecule has 0 radical (unpaired) electrons. The fourth-order valence-corrected chi connectivity index (χ4v) is 2.10. The maximum Gasteiger partial charge on any atom is -0.0124 e. The van der Waals surface area contributed by atoms with E-state index in [0.717, 1.165) is 12.3 Å². The van der Waals surface area contributed by atoms with E-state index in [4.69, 9.17) is 0 Å². The molecule has 0 bridgehead atoms. The molecule has 0 saturated carbocycles. The average molecular weight is 212 g/mol. The van der Waals surface area contributed by atoms with Gasteiger partial charge in [0.15, 0.2) is 0 Å². The lowest BCUT2D eigenvalue weighted by molar-refractivity contribution is 0.646. The molecule has 1 aliphatic rings. The van der Waals surface area contributed by atoms with Crippen LogP contribution in [0.4, 0.5) is 0 Å². The maximum absolute atomic E-state index is 2.37. The predicted molar refractivity (Wildman–Crippen MR) is 71.3 cm³/mol. The molecule has 0 amide bonds. The highest BCUT2D eigenvalue weighted by Crippen LogP contribution is 2.31. The first kappa shape index (κ1) is 11.2. The molecule has 1 aromatic rings. The predicted octanol–water partition coefficient (Wildman–Crippen LogP) is 4.75. The summed E-state index contributed by atoms with van der Waals surface area (Å²) in [5, 5.41) is 0. The van der Waals surface area contributed by atoms with Gasteiger partial charge in [-0.05, 0) is 36.8 Å². The van der Waals surface area contributed by atoms with Crippen LogP contribution >= 0.6 is 0 Å². The molecule has 84 valence electrons. The van der Waals surface area contributed by atoms with E-state index in [9.17, 15) is 0 Å². The molecular weight excluding hydrogens is 192 g/mol. The Morgan fingerprint density at radius 2 is 1.88 bits per heavy atom. The highest BCUT2D eigenvalue weighted by Gasteiger charge is 2.12. The van der Waals surface area contributed by atoms with E-state index in [1.54, 1.807) is 5.57 Å². The van der Waals surface area contributed by atoms with Gasteiger partial charge >= 0.3 is 0 Å². The molecule has 0 spiro atoms. The molecular formula is C16H20. The van der Waals surface area contributed by atoms with Crippen LogP contribution in [0.5, 0.6) is 0 Å². The molecule has 1 atom stereocenters. The number of hydrogen-bond donors (Lipinski definition) is 0. The Balaban J connectivity index is 2.18. The Labute approximate surface area is 98.7 Å². The van der Waals surface area contributed by atoms with Crippen molar-refractivity contribution in [2.24, 2.45) is 5.92 Å². The average Bonchev–Trinajstić information content (AvgIpc) is 2.78. The van der Waals surface area contributed by atoms with Crippen molar-refractivity contribution < 1.29 is 0 Å². The quantitative estimate of drug-likeness (QED) is 0.678. The summed E-state index contributed by atoms with van der Waals surface area (Å²) in [5.74, 6) is 0.721. The summed E-state index contributed by atoms with van der Waals surface area (Å²) >= 11 is 0. The highest BCUT2D eigenvalue weighted by molar-refractivity contribution is 5.77. The van der Waals surface area contributed by atoms with Gasteiger partial charge in [0.2, 0.25) is 0 Å². The van der Waals surface area contributed by atoms with E-state index in [1.165, 1.54) is 23.1 Å². The second kappa shape index (κ2) is 4.69. The largest absolute Gasteiger partial charge is 0.0726 e. The molecule has 0 saturated heterocycles. The summed E-state index contributed by atoms with van der Waals surface area (Å²) in [7, 11) is 0. The van der Waals surface area contributed by atoms with Gasteiger partial charge in [-0.2, -0.15) is 0 Å². The molecule has 16 heavy (non-hydrogen) atoms. The van der Waals surface area contributed by atoms with Crippen LogP contribution in [0.2, 0.25) is 0 Å². The Morgan fingerprint density at radius 3 is 2.50 bits per heavy atom. The van der Waals surface area contributed by atoms with Crippen molar-refractivity contribution in [3.05, 3.63) is 53.1 Å². The zero-order valence-corrected chi connectivity index (χ0v) is 10.5. The van der Waals surface area contributed by atoms with E-state index in [2.05, 4.69) is 57.2 Å². The maximum atomic E-state index is 2.37. The SMILES string of the molecule is CCC(C)C1=CC(c2ccc(C)cc2)=CC1. The summed E-state index contributed by atoms with van der Waals surface area (Å²) in [4.78, 5) is 0. The Bertz CT molecular complexity index is 418. The van der Waals surface area contributed by atoms with Gasteiger partial charge in [0.1, 0.15) is 0 Å². The van der Waals surface area contributed by atoms with Crippen molar-refractivity contribution in [1.82, 2.24) is 0 Å². The van der Waals surface area contributed by atoms with Gasteiger partial charge in [-0.25, -0.2) is 0 Å². The Kier molecular flexibility index (Phi) is 3.28. The van der Waals surface area contributed by atoms with Crippen molar-refractivity contribution in [3.8, 4) is 0 Å². The minimum atomic E-state index is 0.721. The normalized spacial score (nSPS) is 16.9. The standard InChI is InChI=1S/C16H20/c1-4-13(3)15-9-10-16(11-15)14-7-5-12(2)6-8-14/h5-8,10-11,13H,4,9H2,1-3H3. The molecule has 2 rings (SSSR count). The first-order valence-electron chi connectivity index (χ1n) is 6.18. The lowest BCUT2D eigenvalue weighted by Crippen LogP contribution is -1.94. The smallest absolute Gasteiger partial charge is 0.0124 e. The van der Waals surface area contributed by atoms with Crippen molar-refractivity contribution in [2.45, 2.75) is 33.6 Å². The molecule has 1 aliphatic carbocycles. The van der Waals surface area contributed by atoms with Crippen LogP contribution in [0.15, 0.2) is 42.0 Å². The minimum absolute atomic E-state index is 0.721. The van der Waals surface area contributed by atoms with Gasteiger partial charge in [-0.1, -0.05) is 61.4 Å². The first-order chi connectivity index (χ1) is 7.70. The van der Waals surface area contributed by atoms with E-state index in [0.29, 0.717) is 0 Å². The van der Waals surface area contributed by atoms with E-state index in [1.807, 2.05) is 0 Å². The lowest BCUT2D eigenvalue weighted by atomic mass is 9.97. The first-order valence-corrected chi connectivity index (χ1v) is 6.18. The lowest BCUT2D eigenvalue weighted by Gasteiger charge is -2.08. The second-order valence-corrected chi connectivity index (χ2v) is 4.76. The van der Waals surface area contributed by atoms with Crippen LogP contribution < -0.4 is 0 Å². The zero-order valence-electron chi connectivity index (χ0n) is 10.5. The summed E-state index contributed by atoms with van der Waals surface area (Å²) in [6.45, 7) is 6.71. The van der Waals surface area contributed by atoms with Crippen LogP contribution in [-0.4, -0.2) is 0 Å². The van der Waals surface area contributed by atoms with Crippen molar-refractivity contribution in [1.29, 1.82) is 0 Å². The van der Waals surface area contributed by atoms with Gasteiger partial charge in [0, 0.05) is 0 Å². The van der Waals surface area contributed by atoms with E-state index in [-0.39, 0.29) is 0 Å². The van der Waals surface area contributed by atoms with Crippen molar-refractivity contribution in [3.63, 3.8) is 0 Å². The molecule has 0 aromatic heterocycles. The minimum Gasteiger partial charge on any atom is -0.0726 e. The molecule has 0 nitrogen and oxygen atoms in total. The summed E-state index contributed by atoms with van der Waals surface area (Å²) < 4.78 is 0. The van der Waals surface area contributed by atoms with E-state index >= 15 is 0 Å². The molecule has 0 N–H and O–H groups in total.